The van der Waals surface area contributed by atoms with Crippen LogP contribution in [0.3, 0.4) is 0 Å². The lowest BCUT2D eigenvalue weighted by Gasteiger charge is -2.09. The highest BCUT2D eigenvalue weighted by atomic mass is 35.5. The average molecular weight is 244 g/mol. The Kier molecular flexibility index (Phi) is 4.04. The van der Waals surface area contributed by atoms with Crippen molar-refractivity contribution in [2.75, 3.05) is 5.88 Å². The summed E-state index contributed by atoms with van der Waals surface area (Å²) in [4.78, 5) is 11.9. The van der Waals surface area contributed by atoms with Gasteiger partial charge in [-0.2, -0.15) is 5.10 Å². The Balaban J connectivity index is 1.99. The number of aromatic nitrogens is 3. The molecular weight excluding hydrogens is 226 g/mol. The Morgan fingerprint density at radius 3 is 2.88 bits per heavy atom. The minimum Gasteiger partial charge on any atom is -0.279 e. The van der Waals surface area contributed by atoms with Crippen LogP contribution in [0, 0.1) is 0 Å². The van der Waals surface area contributed by atoms with Gasteiger partial charge in [-0.3, -0.25) is 4.57 Å². The van der Waals surface area contributed by atoms with Crippen molar-refractivity contribution in [3.05, 3.63) is 16.3 Å². The first-order chi connectivity index (χ1) is 7.83. The molecule has 2 heterocycles. The van der Waals surface area contributed by atoms with Crippen molar-refractivity contribution in [3.63, 3.8) is 0 Å². The van der Waals surface area contributed by atoms with Crippen LogP contribution < -0.4 is 5.69 Å². The van der Waals surface area contributed by atoms with Gasteiger partial charge < -0.3 is 0 Å². The predicted molar refractivity (Wildman–Crippen MR) is 64.0 cm³/mol. The van der Waals surface area contributed by atoms with Crippen LogP contribution in [0.15, 0.2) is 4.79 Å². The van der Waals surface area contributed by atoms with E-state index in [0.717, 1.165) is 57.4 Å². The van der Waals surface area contributed by atoms with Gasteiger partial charge in [-0.15, -0.1) is 11.6 Å². The van der Waals surface area contributed by atoms with Crippen LogP contribution >= 0.6 is 11.6 Å². The zero-order valence-corrected chi connectivity index (χ0v) is 10.2. The molecule has 1 aromatic heterocycles. The Bertz CT molecular complexity index is 396. The van der Waals surface area contributed by atoms with E-state index < -0.39 is 0 Å². The smallest absolute Gasteiger partial charge is 0.279 e. The van der Waals surface area contributed by atoms with E-state index in [0.29, 0.717) is 5.88 Å². The summed E-state index contributed by atoms with van der Waals surface area (Å²) in [6.07, 6.45) is 6.28. The molecule has 90 valence electrons. The monoisotopic (exact) mass is 243 g/mol. The minimum atomic E-state index is 0.0700. The van der Waals surface area contributed by atoms with Gasteiger partial charge in [0.1, 0.15) is 5.82 Å². The number of hydrogen-bond donors (Lipinski definition) is 0. The number of hydrogen-bond acceptors (Lipinski definition) is 2. The second-order valence-corrected chi connectivity index (χ2v) is 4.66. The third kappa shape index (κ3) is 2.48. The lowest BCUT2D eigenvalue weighted by Crippen LogP contribution is -2.27. The molecule has 0 aliphatic carbocycles. The number of halogens is 1. The number of unbranched alkanes of at least 4 members (excludes halogenated alkanes) is 2. The van der Waals surface area contributed by atoms with Gasteiger partial charge in [0, 0.05) is 25.4 Å². The quantitative estimate of drug-likeness (QED) is 0.584. The maximum atomic E-state index is 11.9. The van der Waals surface area contributed by atoms with Gasteiger partial charge >= 0.3 is 5.69 Å². The van der Waals surface area contributed by atoms with Crippen molar-refractivity contribution >= 4 is 11.6 Å². The summed E-state index contributed by atoms with van der Waals surface area (Å²) < 4.78 is 3.44. The van der Waals surface area contributed by atoms with Gasteiger partial charge in [0.15, 0.2) is 0 Å². The molecule has 0 bridgehead atoms. The third-order valence-electron chi connectivity index (χ3n) is 3.04. The molecule has 2 rings (SSSR count). The van der Waals surface area contributed by atoms with Crippen molar-refractivity contribution in [1.82, 2.24) is 14.3 Å². The van der Waals surface area contributed by atoms with Crippen molar-refractivity contribution in [1.29, 1.82) is 0 Å². The average Bonchev–Trinajstić information content (AvgIpc) is 2.63. The van der Waals surface area contributed by atoms with Gasteiger partial charge in [0.05, 0.1) is 0 Å². The Labute approximate surface area is 100 Å². The number of alkyl halides is 1. The molecule has 1 aliphatic heterocycles. The molecule has 0 unspecified atom stereocenters. The van der Waals surface area contributed by atoms with Gasteiger partial charge in [-0.05, 0) is 25.7 Å². The summed E-state index contributed by atoms with van der Waals surface area (Å²) >= 11 is 5.61. The first kappa shape index (κ1) is 11.7. The lowest BCUT2D eigenvalue weighted by molar-refractivity contribution is 0.507. The van der Waals surface area contributed by atoms with E-state index in [9.17, 15) is 4.79 Å². The molecule has 0 radical (unpaired) electrons. The SMILES string of the molecule is O=c1n(CCCCCCl)nc2n1CCCC2. The van der Waals surface area contributed by atoms with Crippen LogP contribution in [0.25, 0.3) is 0 Å². The Morgan fingerprint density at radius 1 is 1.25 bits per heavy atom. The fourth-order valence-corrected chi connectivity index (χ4v) is 2.32. The molecule has 0 spiro atoms. The summed E-state index contributed by atoms with van der Waals surface area (Å²) in [7, 11) is 0. The van der Waals surface area contributed by atoms with Crippen LogP contribution in [0.1, 0.15) is 37.9 Å². The predicted octanol–water partition coefficient (Wildman–Crippen LogP) is 1.79. The van der Waals surface area contributed by atoms with E-state index in [2.05, 4.69) is 5.10 Å². The molecular formula is C11H18ClN3O. The van der Waals surface area contributed by atoms with Gasteiger partial charge in [-0.1, -0.05) is 6.42 Å². The number of fused-ring (bicyclic) bond motifs is 1. The van der Waals surface area contributed by atoms with Gasteiger partial charge in [-0.25, -0.2) is 9.48 Å². The second kappa shape index (κ2) is 5.53. The minimum absolute atomic E-state index is 0.0700. The van der Waals surface area contributed by atoms with E-state index >= 15 is 0 Å². The highest BCUT2D eigenvalue weighted by molar-refractivity contribution is 6.17. The summed E-state index contributed by atoms with van der Waals surface area (Å²) in [5.41, 5.74) is 0.0700. The highest BCUT2D eigenvalue weighted by Gasteiger charge is 2.15. The highest BCUT2D eigenvalue weighted by Crippen LogP contribution is 2.09. The Morgan fingerprint density at radius 2 is 2.12 bits per heavy atom. The van der Waals surface area contributed by atoms with Crippen LogP contribution in [0.5, 0.6) is 0 Å². The molecule has 16 heavy (non-hydrogen) atoms. The fourth-order valence-electron chi connectivity index (χ4n) is 2.13. The molecule has 1 aliphatic rings. The van der Waals surface area contributed by atoms with E-state index in [1.165, 1.54) is 0 Å². The number of nitrogens with zero attached hydrogens (tertiary/aromatic N) is 3. The first-order valence-electron chi connectivity index (χ1n) is 6.05. The molecule has 1 aromatic rings. The van der Waals surface area contributed by atoms with Gasteiger partial charge in [0.25, 0.3) is 0 Å². The zero-order chi connectivity index (χ0) is 11.4. The summed E-state index contributed by atoms with van der Waals surface area (Å²) in [5, 5.41) is 4.38. The third-order valence-corrected chi connectivity index (χ3v) is 3.30. The molecule has 0 saturated carbocycles. The molecule has 0 fully saturated rings. The topological polar surface area (TPSA) is 39.8 Å². The Hall–Kier alpha value is -0.770. The first-order valence-corrected chi connectivity index (χ1v) is 6.59. The number of rotatable bonds is 5. The van der Waals surface area contributed by atoms with Crippen LogP contribution in [-0.2, 0) is 19.5 Å². The van der Waals surface area contributed by atoms with Crippen LogP contribution in [0.4, 0.5) is 0 Å². The lowest BCUT2D eigenvalue weighted by atomic mass is 10.2. The molecule has 5 heteroatoms. The largest absolute Gasteiger partial charge is 0.345 e. The molecule has 0 aromatic carbocycles. The molecule has 0 amide bonds. The van der Waals surface area contributed by atoms with Crippen molar-refractivity contribution in [2.45, 2.75) is 51.6 Å². The molecule has 0 atom stereocenters. The maximum Gasteiger partial charge on any atom is 0.345 e. The van der Waals surface area contributed by atoms with E-state index in [1.807, 2.05) is 4.57 Å². The van der Waals surface area contributed by atoms with Crippen LogP contribution in [0.2, 0.25) is 0 Å². The standard InChI is InChI=1S/C11H18ClN3O/c12-7-3-1-4-9-15-11(16)14-8-5-2-6-10(14)13-15/h1-9H2. The van der Waals surface area contributed by atoms with E-state index in [-0.39, 0.29) is 5.69 Å². The van der Waals surface area contributed by atoms with Crippen molar-refractivity contribution < 1.29 is 0 Å². The van der Waals surface area contributed by atoms with Crippen molar-refractivity contribution in [2.24, 2.45) is 0 Å². The summed E-state index contributed by atoms with van der Waals surface area (Å²) in [6, 6.07) is 0. The number of aryl methyl sites for hydroxylation is 2. The fraction of sp³-hybridized carbons (Fsp3) is 0.818. The van der Waals surface area contributed by atoms with E-state index in [1.54, 1.807) is 4.68 Å². The zero-order valence-electron chi connectivity index (χ0n) is 9.49. The molecule has 0 N–H and O–H groups in total. The normalized spacial score (nSPS) is 15.1. The summed E-state index contributed by atoms with van der Waals surface area (Å²) in [6.45, 7) is 1.57. The molecule has 0 saturated heterocycles. The maximum absolute atomic E-state index is 11.9. The molecule has 4 nitrogen and oxygen atoms in total. The van der Waals surface area contributed by atoms with Crippen molar-refractivity contribution in [3.8, 4) is 0 Å². The van der Waals surface area contributed by atoms with Crippen LogP contribution in [-0.4, -0.2) is 20.2 Å². The van der Waals surface area contributed by atoms with Gasteiger partial charge in [0.2, 0.25) is 0 Å². The van der Waals surface area contributed by atoms with E-state index in [4.69, 9.17) is 11.6 Å². The second-order valence-electron chi connectivity index (χ2n) is 4.28. The summed E-state index contributed by atoms with van der Waals surface area (Å²) in [5.74, 6) is 1.67.